The average Bonchev–Trinajstić information content (AvgIpc) is 2.42. The van der Waals surface area contributed by atoms with Crippen LogP contribution >= 0.6 is 0 Å². The lowest BCUT2D eigenvalue weighted by molar-refractivity contribution is 0.102. The minimum absolute atomic E-state index is 0.203. The molecule has 4 heteroatoms. The van der Waals surface area contributed by atoms with Crippen LogP contribution in [0.5, 0.6) is 0 Å². The van der Waals surface area contributed by atoms with E-state index in [0.717, 1.165) is 16.8 Å². The summed E-state index contributed by atoms with van der Waals surface area (Å²) in [6.07, 6.45) is 0. The maximum absolute atomic E-state index is 12.2. The first kappa shape index (κ1) is 13.6. The third-order valence-corrected chi connectivity index (χ3v) is 3.07. The number of nitrogens with zero attached hydrogens (tertiary/aromatic N) is 1. The van der Waals surface area contributed by atoms with E-state index in [-0.39, 0.29) is 5.91 Å². The molecule has 0 aliphatic rings. The summed E-state index contributed by atoms with van der Waals surface area (Å²) in [5, 5.41) is 11.6. The van der Waals surface area contributed by atoms with E-state index in [1.54, 1.807) is 24.3 Å². The molecule has 100 valence electrons. The fourth-order valence-corrected chi connectivity index (χ4v) is 2.08. The molecule has 2 aromatic carbocycles. The topological polar surface area (TPSA) is 78.9 Å². The van der Waals surface area contributed by atoms with Crippen molar-refractivity contribution in [3.05, 3.63) is 58.7 Å². The molecule has 0 bridgehead atoms. The molecule has 0 atom stereocenters. The second-order valence-corrected chi connectivity index (χ2v) is 4.67. The van der Waals surface area contributed by atoms with Gasteiger partial charge in [-0.3, -0.25) is 4.79 Å². The minimum Gasteiger partial charge on any atom is -0.399 e. The van der Waals surface area contributed by atoms with E-state index in [1.807, 2.05) is 32.0 Å². The van der Waals surface area contributed by atoms with Crippen LogP contribution in [0.25, 0.3) is 0 Å². The number of nitrogens with two attached hydrogens (primary N) is 1. The number of anilines is 2. The van der Waals surface area contributed by atoms with Crippen LogP contribution < -0.4 is 11.1 Å². The average molecular weight is 265 g/mol. The van der Waals surface area contributed by atoms with Gasteiger partial charge in [-0.25, -0.2) is 0 Å². The highest BCUT2D eigenvalue weighted by Crippen LogP contribution is 2.24. The number of nitriles is 1. The van der Waals surface area contributed by atoms with Gasteiger partial charge in [-0.05, 0) is 61.4 Å². The molecule has 0 saturated carbocycles. The maximum atomic E-state index is 12.2. The second-order valence-electron chi connectivity index (χ2n) is 4.67. The summed E-state index contributed by atoms with van der Waals surface area (Å²) in [5.74, 6) is -0.203. The summed E-state index contributed by atoms with van der Waals surface area (Å²) in [5.41, 5.74) is 10.1. The number of nitrogens with one attached hydrogen (secondary N) is 1. The van der Waals surface area contributed by atoms with Gasteiger partial charge in [-0.15, -0.1) is 0 Å². The first-order valence-corrected chi connectivity index (χ1v) is 6.19. The van der Waals surface area contributed by atoms with Crippen LogP contribution in [0.2, 0.25) is 0 Å². The Bertz CT molecular complexity index is 674. The number of hydrogen-bond donors (Lipinski definition) is 2. The Morgan fingerprint density at radius 3 is 2.20 bits per heavy atom. The standard InChI is InChI=1S/C16H15N3O/c1-10-7-14(18)8-11(2)15(10)19-16(20)13-5-3-12(9-17)4-6-13/h3-8H,18H2,1-2H3,(H,19,20). The van der Waals surface area contributed by atoms with Crippen LogP contribution in [0, 0.1) is 25.2 Å². The molecule has 0 fully saturated rings. The van der Waals surface area contributed by atoms with Crippen LogP contribution in [0.1, 0.15) is 27.0 Å². The van der Waals surface area contributed by atoms with Crippen molar-refractivity contribution in [3.8, 4) is 6.07 Å². The van der Waals surface area contributed by atoms with Gasteiger partial charge in [0, 0.05) is 16.9 Å². The number of benzene rings is 2. The Labute approximate surface area is 117 Å². The Morgan fingerprint density at radius 2 is 1.70 bits per heavy atom. The largest absolute Gasteiger partial charge is 0.399 e. The lowest BCUT2D eigenvalue weighted by atomic mass is 10.1. The van der Waals surface area contributed by atoms with E-state index < -0.39 is 0 Å². The smallest absolute Gasteiger partial charge is 0.255 e. The quantitative estimate of drug-likeness (QED) is 0.819. The van der Waals surface area contributed by atoms with Crippen molar-refractivity contribution in [1.82, 2.24) is 0 Å². The molecule has 0 heterocycles. The summed E-state index contributed by atoms with van der Waals surface area (Å²) in [6, 6.07) is 12.2. The molecular weight excluding hydrogens is 250 g/mol. The molecule has 0 aliphatic carbocycles. The highest BCUT2D eigenvalue weighted by molar-refractivity contribution is 6.05. The molecule has 20 heavy (non-hydrogen) atoms. The lowest BCUT2D eigenvalue weighted by Crippen LogP contribution is -2.14. The van der Waals surface area contributed by atoms with Crippen molar-refractivity contribution in [3.63, 3.8) is 0 Å². The van der Waals surface area contributed by atoms with Crippen molar-refractivity contribution in [2.24, 2.45) is 0 Å². The van der Waals surface area contributed by atoms with Crippen molar-refractivity contribution >= 4 is 17.3 Å². The highest BCUT2D eigenvalue weighted by atomic mass is 16.1. The Morgan fingerprint density at radius 1 is 1.15 bits per heavy atom. The fourth-order valence-electron chi connectivity index (χ4n) is 2.08. The van der Waals surface area contributed by atoms with Crippen LogP contribution in [0.3, 0.4) is 0 Å². The molecule has 0 unspecified atom stereocenters. The highest BCUT2D eigenvalue weighted by Gasteiger charge is 2.10. The van der Waals surface area contributed by atoms with Gasteiger partial charge >= 0.3 is 0 Å². The normalized spacial score (nSPS) is 9.85. The number of aryl methyl sites for hydroxylation is 2. The Hall–Kier alpha value is -2.80. The van der Waals surface area contributed by atoms with Gasteiger partial charge in [0.05, 0.1) is 11.6 Å². The maximum Gasteiger partial charge on any atom is 0.255 e. The molecule has 0 spiro atoms. The molecule has 0 radical (unpaired) electrons. The Kier molecular flexibility index (Phi) is 3.72. The summed E-state index contributed by atoms with van der Waals surface area (Å²) >= 11 is 0. The van der Waals surface area contributed by atoms with Gasteiger partial charge in [0.25, 0.3) is 5.91 Å². The molecule has 0 aliphatic heterocycles. The third-order valence-electron chi connectivity index (χ3n) is 3.07. The SMILES string of the molecule is Cc1cc(N)cc(C)c1NC(=O)c1ccc(C#N)cc1. The number of rotatable bonds is 2. The monoisotopic (exact) mass is 265 g/mol. The van der Waals surface area contributed by atoms with Crippen LogP contribution in [0.15, 0.2) is 36.4 Å². The van der Waals surface area contributed by atoms with Crippen molar-refractivity contribution in [2.45, 2.75) is 13.8 Å². The molecular formula is C16H15N3O. The molecule has 2 aromatic rings. The molecule has 1 amide bonds. The first-order valence-electron chi connectivity index (χ1n) is 6.19. The van der Waals surface area contributed by atoms with E-state index >= 15 is 0 Å². The number of amides is 1. The number of hydrogen-bond acceptors (Lipinski definition) is 3. The minimum atomic E-state index is -0.203. The van der Waals surface area contributed by atoms with Crippen molar-refractivity contribution in [2.75, 3.05) is 11.1 Å². The summed E-state index contributed by atoms with van der Waals surface area (Å²) in [7, 11) is 0. The summed E-state index contributed by atoms with van der Waals surface area (Å²) < 4.78 is 0. The second kappa shape index (κ2) is 5.45. The summed E-state index contributed by atoms with van der Waals surface area (Å²) in [6.45, 7) is 3.80. The lowest BCUT2D eigenvalue weighted by Gasteiger charge is -2.12. The van der Waals surface area contributed by atoms with Gasteiger partial charge in [0.2, 0.25) is 0 Å². The van der Waals surface area contributed by atoms with Gasteiger partial charge in [-0.1, -0.05) is 0 Å². The van der Waals surface area contributed by atoms with Crippen molar-refractivity contribution in [1.29, 1.82) is 5.26 Å². The van der Waals surface area contributed by atoms with Crippen LogP contribution in [0.4, 0.5) is 11.4 Å². The van der Waals surface area contributed by atoms with E-state index in [4.69, 9.17) is 11.0 Å². The van der Waals surface area contributed by atoms with Crippen LogP contribution in [-0.2, 0) is 0 Å². The zero-order chi connectivity index (χ0) is 14.7. The van der Waals surface area contributed by atoms with Crippen LogP contribution in [-0.4, -0.2) is 5.91 Å². The van der Waals surface area contributed by atoms with Crippen molar-refractivity contribution < 1.29 is 4.79 Å². The zero-order valence-corrected chi connectivity index (χ0v) is 11.4. The first-order chi connectivity index (χ1) is 9.51. The van der Waals surface area contributed by atoms with Gasteiger partial charge < -0.3 is 11.1 Å². The molecule has 4 nitrogen and oxygen atoms in total. The predicted octanol–water partition coefficient (Wildman–Crippen LogP) is 3.01. The fraction of sp³-hybridized carbons (Fsp3) is 0.125. The Balaban J connectivity index is 2.26. The molecule has 2 rings (SSSR count). The van der Waals surface area contributed by atoms with E-state index in [1.165, 1.54) is 0 Å². The van der Waals surface area contributed by atoms with E-state index in [0.29, 0.717) is 16.8 Å². The predicted molar refractivity (Wildman–Crippen MR) is 79.4 cm³/mol. The zero-order valence-electron chi connectivity index (χ0n) is 11.4. The number of nitrogen functional groups attached to an aromatic ring is 1. The number of carbonyl (C=O) groups is 1. The van der Waals surface area contributed by atoms with Gasteiger partial charge in [0.1, 0.15) is 0 Å². The molecule has 0 aromatic heterocycles. The number of carbonyl (C=O) groups excluding carboxylic acids is 1. The van der Waals surface area contributed by atoms with E-state index in [9.17, 15) is 4.79 Å². The van der Waals surface area contributed by atoms with E-state index in [2.05, 4.69) is 5.32 Å². The van der Waals surface area contributed by atoms with Gasteiger partial charge in [0.15, 0.2) is 0 Å². The van der Waals surface area contributed by atoms with Gasteiger partial charge in [-0.2, -0.15) is 5.26 Å². The summed E-state index contributed by atoms with van der Waals surface area (Å²) in [4.78, 5) is 12.2. The molecule has 0 saturated heterocycles. The molecule has 3 N–H and O–H groups in total. The third kappa shape index (κ3) is 2.78.